The van der Waals surface area contributed by atoms with Crippen LogP contribution in [0.5, 0.6) is 0 Å². The smallest absolute Gasteiger partial charge is 0.275 e. The molecule has 0 aromatic rings. The minimum absolute atomic E-state index is 0.171. The van der Waals surface area contributed by atoms with Crippen LogP contribution in [0.15, 0.2) is 12.0 Å². The van der Waals surface area contributed by atoms with Crippen LogP contribution in [0.2, 0.25) is 0 Å². The summed E-state index contributed by atoms with van der Waals surface area (Å²) < 4.78 is 0. The van der Waals surface area contributed by atoms with Gasteiger partial charge in [0.2, 0.25) is 0 Å². The van der Waals surface area contributed by atoms with E-state index in [0.29, 0.717) is 6.20 Å². The first-order valence-corrected chi connectivity index (χ1v) is 1.74. The summed E-state index contributed by atoms with van der Waals surface area (Å²) in [6.45, 7) is 0. The summed E-state index contributed by atoms with van der Waals surface area (Å²) in [7, 11) is 0. The molecule has 0 rings (SSSR count). The van der Waals surface area contributed by atoms with E-state index in [0.717, 1.165) is 0 Å². The zero-order chi connectivity index (χ0) is 6.57. The molecule has 0 aliphatic carbocycles. The first-order valence-electron chi connectivity index (χ1n) is 1.74. The van der Waals surface area contributed by atoms with Gasteiger partial charge in [0.1, 0.15) is 0 Å². The van der Waals surface area contributed by atoms with Gasteiger partial charge in [0.25, 0.3) is 6.20 Å². The first kappa shape index (κ1) is 6.70. The molecule has 0 amide bonds. The SMILES string of the molecule is NN/C(N)=C/[N+](=O)[O-]. The lowest BCUT2D eigenvalue weighted by Gasteiger charge is -1.90. The summed E-state index contributed by atoms with van der Waals surface area (Å²) in [5, 5.41) is 9.52. The van der Waals surface area contributed by atoms with Gasteiger partial charge < -0.3 is 11.2 Å². The summed E-state index contributed by atoms with van der Waals surface area (Å²) in [5.74, 6) is 4.50. The van der Waals surface area contributed by atoms with E-state index < -0.39 is 4.92 Å². The molecule has 0 unspecified atom stereocenters. The molecule has 0 bridgehead atoms. The van der Waals surface area contributed by atoms with Gasteiger partial charge in [-0.25, -0.2) is 5.84 Å². The van der Waals surface area contributed by atoms with Crippen LogP contribution in [-0.2, 0) is 0 Å². The van der Waals surface area contributed by atoms with Crippen molar-refractivity contribution in [2.45, 2.75) is 0 Å². The quantitative estimate of drug-likeness (QED) is 0.232. The summed E-state index contributed by atoms with van der Waals surface area (Å²) >= 11 is 0. The largest absolute Gasteiger partial charge is 0.379 e. The van der Waals surface area contributed by atoms with E-state index in [9.17, 15) is 10.1 Å². The second-order valence-electron chi connectivity index (χ2n) is 1.01. The number of nitrogens with one attached hydrogen (secondary N) is 1. The van der Waals surface area contributed by atoms with Gasteiger partial charge in [0.05, 0.1) is 4.92 Å². The van der Waals surface area contributed by atoms with E-state index in [2.05, 4.69) is 5.84 Å². The highest BCUT2D eigenvalue weighted by Gasteiger charge is 1.89. The zero-order valence-corrected chi connectivity index (χ0v) is 4.00. The van der Waals surface area contributed by atoms with Crippen molar-refractivity contribution in [3.05, 3.63) is 22.1 Å². The molecule has 0 fully saturated rings. The molecule has 46 valence electrons. The molecule has 0 saturated heterocycles. The van der Waals surface area contributed by atoms with Crippen LogP contribution in [-0.4, -0.2) is 4.92 Å². The van der Waals surface area contributed by atoms with Crippen molar-refractivity contribution in [2.75, 3.05) is 0 Å². The third kappa shape index (κ3) is 2.91. The Morgan fingerprint density at radius 1 is 1.88 bits per heavy atom. The Morgan fingerprint density at radius 2 is 2.38 bits per heavy atom. The molecule has 8 heavy (non-hydrogen) atoms. The zero-order valence-electron chi connectivity index (χ0n) is 4.00. The van der Waals surface area contributed by atoms with E-state index in [1.165, 1.54) is 0 Å². The van der Waals surface area contributed by atoms with Crippen LogP contribution in [0.4, 0.5) is 0 Å². The summed E-state index contributed by atoms with van der Waals surface area (Å²) in [6, 6.07) is 0. The fourth-order valence-electron chi connectivity index (χ4n) is 0.151. The van der Waals surface area contributed by atoms with Gasteiger partial charge in [-0.05, 0) is 0 Å². The molecule has 0 aliphatic rings. The third-order valence-electron chi connectivity index (χ3n) is 0.411. The number of hydrogen-bond donors (Lipinski definition) is 3. The molecule has 0 saturated carbocycles. The Balaban J connectivity index is 3.75. The Hall–Kier alpha value is -1.30. The van der Waals surface area contributed by atoms with Gasteiger partial charge in [-0.3, -0.25) is 10.1 Å². The molecule has 0 aliphatic heterocycles. The molecule has 0 aromatic heterocycles. The summed E-state index contributed by atoms with van der Waals surface area (Å²) in [4.78, 5) is 8.82. The van der Waals surface area contributed by atoms with E-state index in [1.807, 2.05) is 5.43 Å². The highest BCUT2D eigenvalue weighted by Crippen LogP contribution is 1.72. The lowest BCUT2D eigenvalue weighted by atomic mass is 10.8. The number of hydrazine groups is 1. The molecule has 6 heteroatoms. The number of rotatable bonds is 2. The maximum atomic E-state index is 9.52. The number of nitrogens with two attached hydrogens (primary N) is 2. The lowest BCUT2D eigenvalue weighted by molar-refractivity contribution is -0.403. The fraction of sp³-hybridized carbons (Fsp3) is 0. The first-order chi connectivity index (χ1) is 3.66. The minimum Gasteiger partial charge on any atom is -0.379 e. The Bertz CT molecular complexity index is 119. The van der Waals surface area contributed by atoms with Crippen molar-refractivity contribution < 1.29 is 4.92 Å². The maximum Gasteiger partial charge on any atom is 0.275 e. The standard InChI is InChI=1S/C2H6N4O2/c3-2(5-4)1-6(7)8/h1,5H,3-4H2/b2-1+. The van der Waals surface area contributed by atoms with Crippen molar-refractivity contribution in [3.63, 3.8) is 0 Å². The van der Waals surface area contributed by atoms with Gasteiger partial charge in [-0.1, -0.05) is 0 Å². The van der Waals surface area contributed by atoms with Crippen LogP contribution in [0.1, 0.15) is 0 Å². The summed E-state index contributed by atoms with van der Waals surface area (Å²) in [5.41, 5.74) is 6.75. The van der Waals surface area contributed by atoms with E-state index in [1.54, 1.807) is 0 Å². The van der Waals surface area contributed by atoms with Gasteiger partial charge in [-0.15, -0.1) is 0 Å². The van der Waals surface area contributed by atoms with E-state index in [4.69, 9.17) is 5.73 Å². The van der Waals surface area contributed by atoms with Crippen LogP contribution >= 0.6 is 0 Å². The molecular weight excluding hydrogens is 112 g/mol. The second-order valence-corrected chi connectivity index (χ2v) is 1.01. The van der Waals surface area contributed by atoms with Crippen LogP contribution in [0.25, 0.3) is 0 Å². The molecular formula is C2H6N4O2. The Kier molecular flexibility index (Phi) is 2.35. The number of hydrogen-bond acceptors (Lipinski definition) is 5. The minimum atomic E-state index is -0.699. The van der Waals surface area contributed by atoms with Crippen molar-refractivity contribution in [1.29, 1.82) is 0 Å². The van der Waals surface area contributed by atoms with Crippen molar-refractivity contribution in [1.82, 2.24) is 5.43 Å². The average molecular weight is 118 g/mol. The van der Waals surface area contributed by atoms with Gasteiger partial charge >= 0.3 is 0 Å². The molecule has 0 radical (unpaired) electrons. The van der Waals surface area contributed by atoms with Crippen LogP contribution < -0.4 is 17.0 Å². The molecule has 0 spiro atoms. The third-order valence-corrected chi connectivity index (χ3v) is 0.411. The molecule has 5 N–H and O–H groups in total. The van der Waals surface area contributed by atoms with E-state index >= 15 is 0 Å². The number of nitro groups is 1. The highest BCUT2D eigenvalue weighted by molar-refractivity contribution is 4.83. The Labute approximate surface area is 45.3 Å². The lowest BCUT2D eigenvalue weighted by Crippen LogP contribution is -2.27. The van der Waals surface area contributed by atoms with Crippen LogP contribution in [0, 0.1) is 10.1 Å². The molecule has 0 atom stereocenters. The maximum absolute atomic E-state index is 9.52. The fourth-order valence-corrected chi connectivity index (χ4v) is 0.151. The number of nitrogens with zero attached hydrogens (tertiary/aromatic N) is 1. The average Bonchev–Trinajstić information content (AvgIpc) is 1.65. The van der Waals surface area contributed by atoms with Gasteiger partial charge in [0.15, 0.2) is 5.82 Å². The van der Waals surface area contributed by atoms with Crippen molar-refractivity contribution in [3.8, 4) is 0 Å². The van der Waals surface area contributed by atoms with Crippen LogP contribution in [0.3, 0.4) is 0 Å². The summed E-state index contributed by atoms with van der Waals surface area (Å²) in [6.07, 6.45) is 0.569. The highest BCUT2D eigenvalue weighted by atomic mass is 16.6. The predicted molar refractivity (Wildman–Crippen MR) is 26.6 cm³/mol. The van der Waals surface area contributed by atoms with Gasteiger partial charge in [-0.2, -0.15) is 0 Å². The monoisotopic (exact) mass is 118 g/mol. The Morgan fingerprint density at radius 3 is 2.50 bits per heavy atom. The van der Waals surface area contributed by atoms with Crippen molar-refractivity contribution in [2.24, 2.45) is 11.6 Å². The molecule has 6 nitrogen and oxygen atoms in total. The van der Waals surface area contributed by atoms with Crippen molar-refractivity contribution >= 4 is 0 Å². The van der Waals surface area contributed by atoms with E-state index in [-0.39, 0.29) is 5.82 Å². The normalized spacial score (nSPS) is 10.9. The predicted octanol–water partition coefficient (Wildman–Crippen LogP) is -1.52. The molecule has 0 aromatic carbocycles. The topological polar surface area (TPSA) is 107 Å². The molecule has 0 heterocycles. The van der Waals surface area contributed by atoms with Gasteiger partial charge in [0, 0.05) is 0 Å². The second kappa shape index (κ2) is 2.80.